The van der Waals surface area contributed by atoms with Crippen LogP contribution in [-0.4, -0.2) is 49.4 Å². The zero-order valence-corrected chi connectivity index (χ0v) is 15.3. The highest BCUT2D eigenvalue weighted by atomic mass is 19.1. The van der Waals surface area contributed by atoms with Crippen LogP contribution in [0.15, 0.2) is 42.5 Å². The second-order valence-corrected chi connectivity index (χ2v) is 5.98. The Morgan fingerprint density at radius 3 is 2.31 bits per heavy atom. The molecule has 26 heavy (non-hydrogen) atoms. The summed E-state index contributed by atoms with van der Waals surface area (Å²) < 4.78 is 18.8. The van der Waals surface area contributed by atoms with Gasteiger partial charge in [-0.2, -0.15) is 5.48 Å². The number of carbonyl (C=O) groups is 1. The van der Waals surface area contributed by atoms with Crippen LogP contribution in [-0.2, 0) is 0 Å². The smallest absolute Gasteiger partial charge is 0.253 e. The summed E-state index contributed by atoms with van der Waals surface area (Å²) in [5.41, 5.74) is 4.13. The average molecular weight is 361 g/mol. The molecular weight excluding hydrogens is 337 g/mol. The summed E-state index contributed by atoms with van der Waals surface area (Å²) in [6.07, 6.45) is -0.453. The molecule has 0 saturated carbocycles. The summed E-state index contributed by atoms with van der Waals surface area (Å²) in [4.78, 5) is 14.2. The Morgan fingerprint density at radius 1 is 1.19 bits per heavy atom. The minimum atomic E-state index is -0.453. The number of benzene rings is 2. The number of methoxy groups -OCH3 is 1. The highest BCUT2D eigenvalue weighted by molar-refractivity contribution is 5.94. The van der Waals surface area contributed by atoms with Crippen molar-refractivity contribution in [3.8, 4) is 16.9 Å². The van der Waals surface area contributed by atoms with Crippen molar-refractivity contribution >= 4 is 5.91 Å². The van der Waals surface area contributed by atoms with Gasteiger partial charge in [0.05, 0.1) is 13.2 Å². The Hall–Kier alpha value is -2.48. The van der Waals surface area contributed by atoms with Gasteiger partial charge in [0.1, 0.15) is 6.17 Å². The normalized spacial score (nSPS) is 13.2. The molecule has 0 fully saturated rings. The maximum absolute atomic E-state index is 13.9. The first-order valence-electron chi connectivity index (χ1n) is 8.21. The average Bonchev–Trinajstić information content (AvgIpc) is 2.67. The van der Waals surface area contributed by atoms with Gasteiger partial charge in [0.25, 0.3) is 5.91 Å². The molecule has 6 nitrogen and oxygen atoms in total. The molecule has 0 aromatic heterocycles. The molecule has 0 heterocycles. The molecule has 1 amide bonds. The first-order valence-corrected chi connectivity index (χ1v) is 8.21. The van der Waals surface area contributed by atoms with Gasteiger partial charge in [-0.05, 0) is 49.4 Å². The van der Waals surface area contributed by atoms with E-state index in [1.54, 1.807) is 50.5 Å². The number of likely N-dealkylation sites (N-methyl/N-ethyl adjacent to an activating group) is 2. The van der Waals surface area contributed by atoms with Crippen molar-refractivity contribution in [2.24, 2.45) is 0 Å². The zero-order chi connectivity index (χ0) is 19.3. The third-order valence-electron chi connectivity index (χ3n) is 4.48. The van der Waals surface area contributed by atoms with E-state index < -0.39 is 12.0 Å². The lowest BCUT2D eigenvalue weighted by Gasteiger charge is -2.31. The number of hydroxylamine groups is 1. The number of carbonyl (C=O) groups excluding carboxylic acids is 1. The van der Waals surface area contributed by atoms with E-state index in [-0.39, 0.29) is 17.7 Å². The van der Waals surface area contributed by atoms with Crippen molar-refractivity contribution in [2.45, 2.75) is 19.1 Å². The minimum absolute atomic E-state index is 0.180. The van der Waals surface area contributed by atoms with Crippen LogP contribution in [0, 0.1) is 5.82 Å². The Kier molecular flexibility index (Phi) is 6.68. The molecule has 3 N–H and O–H groups in total. The van der Waals surface area contributed by atoms with E-state index in [1.807, 2.05) is 6.92 Å². The summed E-state index contributed by atoms with van der Waals surface area (Å²) in [6.45, 7) is 1.82. The Bertz CT molecular complexity index is 748. The highest BCUT2D eigenvalue weighted by Crippen LogP contribution is 2.26. The summed E-state index contributed by atoms with van der Waals surface area (Å²) >= 11 is 0. The number of nitrogens with one attached hydrogen (secondary N) is 2. The number of hydrogen-bond acceptors (Lipinski definition) is 5. The van der Waals surface area contributed by atoms with Crippen LogP contribution in [0.5, 0.6) is 5.75 Å². The van der Waals surface area contributed by atoms with Gasteiger partial charge < -0.3 is 20.2 Å². The Morgan fingerprint density at radius 2 is 1.81 bits per heavy atom. The molecule has 0 spiro atoms. The molecule has 0 aliphatic rings. The third kappa shape index (κ3) is 4.19. The van der Waals surface area contributed by atoms with E-state index in [0.29, 0.717) is 11.1 Å². The van der Waals surface area contributed by atoms with Crippen LogP contribution in [0.4, 0.5) is 4.39 Å². The second kappa shape index (κ2) is 8.75. The number of halogens is 1. The fourth-order valence-corrected chi connectivity index (χ4v) is 2.68. The SMILES string of the molecule is CNC(NO)C(C)N(C)C(=O)c1ccc(-c2ccc(OC)c(F)c2)cc1. The zero-order valence-electron chi connectivity index (χ0n) is 15.3. The fourth-order valence-electron chi connectivity index (χ4n) is 2.68. The molecule has 0 aliphatic heterocycles. The molecule has 2 unspecified atom stereocenters. The fraction of sp³-hybridized carbons (Fsp3) is 0.316. The van der Waals surface area contributed by atoms with Crippen molar-refractivity contribution in [3.63, 3.8) is 0 Å². The van der Waals surface area contributed by atoms with Gasteiger partial charge in [-0.15, -0.1) is 0 Å². The van der Waals surface area contributed by atoms with E-state index in [2.05, 4.69) is 10.8 Å². The third-order valence-corrected chi connectivity index (χ3v) is 4.48. The number of ether oxygens (including phenoxy) is 1. The van der Waals surface area contributed by atoms with Crippen molar-refractivity contribution in [1.29, 1.82) is 0 Å². The minimum Gasteiger partial charge on any atom is -0.494 e. The van der Waals surface area contributed by atoms with Gasteiger partial charge in [-0.3, -0.25) is 4.79 Å². The van der Waals surface area contributed by atoms with Crippen LogP contribution in [0.2, 0.25) is 0 Å². The molecule has 2 atom stereocenters. The number of nitrogens with zero attached hydrogens (tertiary/aromatic N) is 1. The maximum Gasteiger partial charge on any atom is 0.253 e. The first kappa shape index (κ1) is 19.8. The number of amides is 1. The molecular formula is C19H24FN3O3. The Labute approximate surface area is 152 Å². The van der Waals surface area contributed by atoms with Crippen molar-refractivity contribution in [2.75, 3.05) is 21.2 Å². The van der Waals surface area contributed by atoms with Crippen LogP contribution in [0.1, 0.15) is 17.3 Å². The number of hydrogen-bond donors (Lipinski definition) is 3. The van der Waals surface area contributed by atoms with Gasteiger partial charge >= 0.3 is 0 Å². The first-order chi connectivity index (χ1) is 12.4. The molecule has 2 aromatic rings. The quantitative estimate of drug-likeness (QED) is 0.522. The standard InChI is InChI=1S/C19H24FN3O3/c1-12(18(21-2)22-25)23(3)19(24)14-7-5-13(6-8-14)15-9-10-17(26-4)16(20)11-15/h5-12,18,21-22,25H,1-4H3. The highest BCUT2D eigenvalue weighted by Gasteiger charge is 2.23. The molecule has 0 saturated heterocycles. The monoisotopic (exact) mass is 361 g/mol. The lowest BCUT2D eigenvalue weighted by Crippen LogP contribution is -2.54. The Balaban J connectivity index is 2.18. The second-order valence-electron chi connectivity index (χ2n) is 5.98. The molecule has 7 heteroatoms. The van der Waals surface area contributed by atoms with Crippen molar-refractivity contribution < 1.29 is 19.1 Å². The van der Waals surface area contributed by atoms with Gasteiger partial charge in [-0.25, -0.2) is 4.39 Å². The van der Waals surface area contributed by atoms with E-state index in [9.17, 15) is 9.18 Å². The van der Waals surface area contributed by atoms with E-state index >= 15 is 0 Å². The molecule has 0 radical (unpaired) electrons. The lowest BCUT2D eigenvalue weighted by atomic mass is 10.0. The molecule has 140 valence electrons. The summed E-state index contributed by atoms with van der Waals surface area (Å²) in [6, 6.07) is 11.4. The van der Waals surface area contributed by atoms with E-state index in [4.69, 9.17) is 9.94 Å². The van der Waals surface area contributed by atoms with Crippen LogP contribution >= 0.6 is 0 Å². The predicted molar refractivity (Wildman–Crippen MR) is 97.7 cm³/mol. The summed E-state index contributed by atoms with van der Waals surface area (Å²) in [5, 5.41) is 12.0. The molecule has 2 aromatic carbocycles. The topological polar surface area (TPSA) is 73.8 Å². The van der Waals surface area contributed by atoms with E-state index in [1.165, 1.54) is 18.1 Å². The maximum atomic E-state index is 13.9. The van der Waals surface area contributed by atoms with Gasteiger partial charge in [0.15, 0.2) is 11.6 Å². The van der Waals surface area contributed by atoms with Gasteiger partial charge in [-0.1, -0.05) is 18.2 Å². The predicted octanol–water partition coefficient (Wildman–Crippen LogP) is 2.49. The van der Waals surface area contributed by atoms with Gasteiger partial charge in [0, 0.05) is 12.6 Å². The number of rotatable bonds is 7. The molecule has 0 bridgehead atoms. The van der Waals surface area contributed by atoms with Crippen molar-refractivity contribution in [3.05, 3.63) is 53.8 Å². The molecule has 2 rings (SSSR count). The van der Waals surface area contributed by atoms with Crippen LogP contribution in [0.25, 0.3) is 11.1 Å². The summed E-state index contributed by atoms with van der Waals surface area (Å²) in [5.74, 6) is -0.429. The largest absolute Gasteiger partial charge is 0.494 e. The van der Waals surface area contributed by atoms with Crippen molar-refractivity contribution in [1.82, 2.24) is 15.7 Å². The molecule has 0 aliphatic carbocycles. The van der Waals surface area contributed by atoms with Gasteiger partial charge in [0.2, 0.25) is 0 Å². The van der Waals surface area contributed by atoms with Crippen LogP contribution < -0.4 is 15.5 Å². The van der Waals surface area contributed by atoms with E-state index in [0.717, 1.165) is 5.56 Å². The summed E-state index contributed by atoms with van der Waals surface area (Å²) in [7, 11) is 4.77. The van der Waals surface area contributed by atoms with Crippen LogP contribution in [0.3, 0.4) is 0 Å². The lowest BCUT2D eigenvalue weighted by molar-refractivity contribution is 0.0493.